The van der Waals surface area contributed by atoms with Crippen LogP contribution in [-0.4, -0.2) is 16.3 Å². The minimum absolute atomic E-state index is 0.636. The fourth-order valence-electron chi connectivity index (χ4n) is 1.47. The van der Waals surface area contributed by atoms with Crippen LogP contribution in [0, 0.1) is 0 Å². The average Bonchev–Trinajstić information content (AvgIpc) is 2.71. The summed E-state index contributed by atoms with van der Waals surface area (Å²) in [7, 11) is 0. The van der Waals surface area contributed by atoms with Crippen molar-refractivity contribution in [1.29, 1.82) is 0 Å². The highest BCUT2D eigenvalue weighted by molar-refractivity contribution is 6.32. The Kier molecular flexibility index (Phi) is 3.04. The van der Waals surface area contributed by atoms with Crippen LogP contribution in [0.1, 0.15) is 5.56 Å². The second kappa shape index (κ2) is 4.47. The fourth-order valence-corrected chi connectivity index (χ4v) is 1.76. The van der Waals surface area contributed by atoms with Gasteiger partial charge in [0.1, 0.15) is 0 Å². The zero-order chi connectivity index (χ0) is 10.7. The van der Waals surface area contributed by atoms with Gasteiger partial charge in [-0.2, -0.15) is 5.10 Å². The van der Waals surface area contributed by atoms with Crippen LogP contribution in [-0.2, 0) is 6.42 Å². The molecule has 78 valence electrons. The van der Waals surface area contributed by atoms with Gasteiger partial charge in [0.25, 0.3) is 0 Å². The highest BCUT2D eigenvalue weighted by Crippen LogP contribution is 2.21. The Morgan fingerprint density at radius 1 is 1.40 bits per heavy atom. The SMILES string of the molecule is NCCc1ccc(-n2cccn2)c(Cl)c1. The Morgan fingerprint density at radius 3 is 2.87 bits per heavy atom. The molecule has 0 aliphatic carbocycles. The number of hydrogen-bond acceptors (Lipinski definition) is 2. The summed E-state index contributed by atoms with van der Waals surface area (Å²) in [5.74, 6) is 0. The maximum atomic E-state index is 6.15. The molecule has 0 aliphatic rings. The Bertz CT molecular complexity index is 437. The molecule has 1 heterocycles. The molecule has 2 N–H and O–H groups in total. The molecule has 2 aromatic rings. The summed E-state index contributed by atoms with van der Waals surface area (Å²) in [6, 6.07) is 7.78. The first-order chi connectivity index (χ1) is 7.31. The van der Waals surface area contributed by atoms with Crippen LogP contribution in [0.2, 0.25) is 5.02 Å². The molecule has 0 saturated heterocycles. The van der Waals surface area contributed by atoms with Crippen molar-refractivity contribution in [2.45, 2.75) is 6.42 Å². The van der Waals surface area contributed by atoms with Crippen LogP contribution in [0.3, 0.4) is 0 Å². The molecule has 0 bridgehead atoms. The summed E-state index contributed by atoms with van der Waals surface area (Å²) in [5.41, 5.74) is 7.53. The van der Waals surface area contributed by atoms with E-state index in [0.717, 1.165) is 17.7 Å². The molecule has 2 rings (SSSR count). The topological polar surface area (TPSA) is 43.8 Å². The number of rotatable bonds is 3. The summed E-state index contributed by atoms with van der Waals surface area (Å²) < 4.78 is 1.74. The molecule has 1 aromatic heterocycles. The van der Waals surface area contributed by atoms with Gasteiger partial charge >= 0.3 is 0 Å². The number of aromatic nitrogens is 2. The lowest BCUT2D eigenvalue weighted by atomic mass is 10.1. The van der Waals surface area contributed by atoms with Gasteiger partial charge in [-0.3, -0.25) is 0 Å². The molecule has 0 atom stereocenters. The molecule has 0 radical (unpaired) electrons. The zero-order valence-corrected chi connectivity index (χ0v) is 8.98. The number of halogens is 1. The molecule has 0 saturated carbocycles. The van der Waals surface area contributed by atoms with E-state index in [9.17, 15) is 0 Å². The zero-order valence-electron chi connectivity index (χ0n) is 8.23. The van der Waals surface area contributed by atoms with Crippen LogP contribution in [0.4, 0.5) is 0 Å². The molecular formula is C11H12ClN3. The van der Waals surface area contributed by atoms with E-state index in [0.29, 0.717) is 11.6 Å². The van der Waals surface area contributed by atoms with E-state index in [1.165, 1.54) is 0 Å². The monoisotopic (exact) mass is 221 g/mol. The van der Waals surface area contributed by atoms with E-state index >= 15 is 0 Å². The minimum atomic E-state index is 0.636. The van der Waals surface area contributed by atoms with Gasteiger partial charge in [0.05, 0.1) is 10.7 Å². The first kappa shape index (κ1) is 10.2. The Labute approximate surface area is 93.5 Å². The van der Waals surface area contributed by atoms with Gasteiger partial charge in [0.2, 0.25) is 0 Å². The maximum Gasteiger partial charge on any atom is 0.0831 e. The van der Waals surface area contributed by atoms with Crippen molar-refractivity contribution in [3.63, 3.8) is 0 Å². The largest absolute Gasteiger partial charge is 0.330 e. The maximum absolute atomic E-state index is 6.15. The minimum Gasteiger partial charge on any atom is -0.330 e. The summed E-state index contributed by atoms with van der Waals surface area (Å²) in [4.78, 5) is 0. The van der Waals surface area contributed by atoms with Crippen LogP contribution < -0.4 is 5.73 Å². The number of nitrogens with zero attached hydrogens (tertiary/aromatic N) is 2. The molecule has 3 nitrogen and oxygen atoms in total. The van der Waals surface area contributed by atoms with E-state index in [-0.39, 0.29) is 0 Å². The quantitative estimate of drug-likeness (QED) is 0.862. The lowest BCUT2D eigenvalue weighted by Gasteiger charge is -2.06. The molecule has 4 heteroatoms. The van der Waals surface area contributed by atoms with Crippen molar-refractivity contribution in [1.82, 2.24) is 9.78 Å². The summed E-state index contributed by atoms with van der Waals surface area (Å²) in [6.07, 6.45) is 4.44. The van der Waals surface area contributed by atoms with Gasteiger partial charge in [-0.05, 0) is 36.7 Å². The van der Waals surface area contributed by atoms with Gasteiger partial charge < -0.3 is 5.73 Å². The summed E-state index contributed by atoms with van der Waals surface area (Å²) in [5, 5.41) is 4.83. The average molecular weight is 222 g/mol. The van der Waals surface area contributed by atoms with E-state index < -0.39 is 0 Å². The van der Waals surface area contributed by atoms with E-state index in [1.807, 2.05) is 30.5 Å². The van der Waals surface area contributed by atoms with Crippen LogP contribution in [0.15, 0.2) is 36.7 Å². The highest BCUT2D eigenvalue weighted by atomic mass is 35.5. The standard InChI is InChI=1S/C11H12ClN3/c12-10-8-9(4-5-13)2-3-11(10)15-7-1-6-14-15/h1-3,6-8H,4-5,13H2. The normalized spacial score (nSPS) is 10.5. The lowest BCUT2D eigenvalue weighted by molar-refractivity contribution is 0.877. The van der Waals surface area contributed by atoms with Crippen molar-refractivity contribution < 1.29 is 0 Å². The first-order valence-electron chi connectivity index (χ1n) is 4.80. The third kappa shape index (κ3) is 2.19. The van der Waals surface area contributed by atoms with Gasteiger partial charge in [-0.1, -0.05) is 17.7 Å². The smallest absolute Gasteiger partial charge is 0.0831 e. The summed E-state index contributed by atoms with van der Waals surface area (Å²) in [6.45, 7) is 0.636. The van der Waals surface area contributed by atoms with E-state index in [4.69, 9.17) is 17.3 Å². The van der Waals surface area contributed by atoms with Crippen LogP contribution in [0.5, 0.6) is 0 Å². The van der Waals surface area contributed by atoms with Gasteiger partial charge in [-0.25, -0.2) is 4.68 Å². The first-order valence-corrected chi connectivity index (χ1v) is 5.17. The lowest BCUT2D eigenvalue weighted by Crippen LogP contribution is -2.03. The van der Waals surface area contributed by atoms with Crippen LogP contribution in [0.25, 0.3) is 5.69 Å². The molecular weight excluding hydrogens is 210 g/mol. The van der Waals surface area contributed by atoms with Crippen molar-refractivity contribution in [3.8, 4) is 5.69 Å². The van der Waals surface area contributed by atoms with Crippen LogP contribution >= 0.6 is 11.6 Å². The molecule has 0 amide bonds. The van der Waals surface area contributed by atoms with Crippen molar-refractivity contribution in [2.24, 2.45) is 5.73 Å². The number of hydrogen-bond donors (Lipinski definition) is 1. The Morgan fingerprint density at radius 2 is 2.27 bits per heavy atom. The second-order valence-electron chi connectivity index (χ2n) is 3.28. The Hall–Kier alpha value is -1.32. The molecule has 1 aromatic carbocycles. The third-order valence-corrected chi connectivity index (χ3v) is 2.50. The molecule has 0 unspecified atom stereocenters. The van der Waals surface area contributed by atoms with E-state index in [2.05, 4.69) is 5.10 Å². The number of nitrogens with two attached hydrogens (primary N) is 1. The van der Waals surface area contributed by atoms with Crippen molar-refractivity contribution >= 4 is 11.6 Å². The number of benzene rings is 1. The van der Waals surface area contributed by atoms with E-state index in [1.54, 1.807) is 10.9 Å². The van der Waals surface area contributed by atoms with Crippen molar-refractivity contribution in [3.05, 3.63) is 47.2 Å². The van der Waals surface area contributed by atoms with Crippen molar-refractivity contribution in [2.75, 3.05) is 6.54 Å². The predicted octanol–water partition coefficient (Wildman–Crippen LogP) is 2.03. The molecule has 0 fully saturated rings. The van der Waals surface area contributed by atoms with Gasteiger partial charge in [0, 0.05) is 12.4 Å². The summed E-state index contributed by atoms with van der Waals surface area (Å²) >= 11 is 6.15. The Balaban J connectivity index is 2.35. The molecule has 0 spiro atoms. The fraction of sp³-hybridized carbons (Fsp3) is 0.182. The third-order valence-electron chi connectivity index (χ3n) is 2.20. The molecule has 15 heavy (non-hydrogen) atoms. The molecule has 0 aliphatic heterocycles. The van der Waals surface area contributed by atoms with Gasteiger partial charge in [0.15, 0.2) is 0 Å². The van der Waals surface area contributed by atoms with Gasteiger partial charge in [-0.15, -0.1) is 0 Å². The highest BCUT2D eigenvalue weighted by Gasteiger charge is 2.03. The second-order valence-corrected chi connectivity index (χ2v) is 3.68. The predicted molar refractivity (Wildman–Crippen MR) is 61.3 cm³/mol.